The molecule has 2 aromatic carbocycles. The maximum atomic E-state index is 12.6. The first-order valence-corrected chi connectivity index (χ1v) is 9.23. The van der Waals surface area contributed by atoms with Gasteiger partial charge in [-0.15, -0.1) is 0 Å². The number of primary amides is 1. The molecule has 1 atom stereocenters. The standard InChI is InChI=1S/C21H25N3O3/c1-2-27-19-9-4-3-8-18(19)23-21(26)24-11-10-16(14-24)12-15-6-5-7-17(13-15)20(22)25/h3-9,13,16H,2,10-12,14H2,1H3,(H2,22,25)(H,23,26)/t16-/m0/s1. The molecule has 3 amide bonds. The monoisotopic (exact) mass is 367 g/mol. The zero-order valence-electron chi connectivity index (χ0n) is 15.5. The summed E-state index contributed by atoms with van der Waals surface area (Å²) in [7, 11) is 0. The highest BCUT2D eigenvalue weighted by Crippen LogP contribution is 2.26. The molecule has 1 heterocycles. The zero-order chi connectivity index (χ0) is 19.2. The Morgan fingerprint density at radius 1 is 1.22 bits per heavy atom. The topological polar surface area (TPSA) is 84.7 Å². The summed E-state index contributed by atoms with van der Waals surface area (Å²) in [5.41, 5.74) is 7.62. The van der Waals surface area contributed by atoms with Crippen LogP contribution in [0.5, 0.6) is 5.75 Å². The number of hydrogen-bond donors (Lipinski definition) is 2. The van der Waals surface area contributed by atoms with Gasteiger partial charge in [0.05, 0.1) is 12.3 Å². The minimum Gasteiger partial charge on any atom is -0.492 e. The van der Waals surface area contributed by atoms with Crippen LogP contribution in [0.3, 0.4) is 0 Å². The largest absolute Gasteiger partial charge is 0.492 e. The van der Waals surface area contributed by atoms with E-state index in [0.717, 1.165) is 18.4 Å². The van der Waals surface area contributed by atoms with Gasteiger partial charge in [0.2, 0.25) is 5.91 Å². The Bertz CT molecular complexity index is 822. The summed E-state index contributed by atoms with van der Waals surface area (Å²) in [6, 6.07) is 14.7. The SMILES string of the molecule is CCOc1ccccc1NC(=O)N1CC[C@@H](Cc2cccc(C(N)=O)c2)C1. The molecule has 1 fully saturated rings. The third-order valence-corrected chi connectivity index (χ3v) is 4.74. The first kappa shape index (κ1) is 18.8. The third kappa shape index (κ3) is 4.78. The van der Waals surface area contributed by atoms with Crippen molar-refractivity contribution in [2.45, 2.75) is 19.8 Å². The lowest BCUT2D eigenvalue weighted by Crippen LogP contribution is -2.33. The van der Waals surface area contributed by atoms with Gasteiger partial charge in [0.1, 0.15) is 5.75 Å². The first-order chi connectivity index (χ1) is 13.1. The van der Waals surface area contributed by atoms with Gasteiger partial charge in [-0.25, -0.2) is 4.79 Å². The van der Waals surface area contributed by atoms with Crippen LogP contribution in [0, 0.1) is 5.92 Å². The number of nitrogens with zero attached hydrogens (tertiary/aromatic N) is 1. The fraction of sp³-hybridized carbons (Fsp3) is 0.333. The summed E-state index contributed by atoms with van der Waals surface area (Å²) < 4.78 is 5.56. The van der Waals surface area contributed by atoms with Gasteiger partial charge in [-0.2, -0.15) is 0 Å². The number of urea groups is 1. The highest BCUT2D eigenvalue weighted by molar-refractivity contribution is 5.93. The molecule has 0 saturated carbocycles. The van der Waals surface area contributed by atoms with E-state index in [-0.39, 0.29) is 6.03 Å². The average molecular weight is 367 g/mol. The van der Waals surface area contributed by atoms with Crippen molar-refractivity contribution in [3.05, 3.63) is 59.7 Å². The second-order valence-corrected chi connectivity index (χ2v) is 6.73. The average Bonchev–Trinajstić information content (AvgIpc) is 3.12. The maximum absolute atomic E-state index is 12.6. The van der Waals surface area contributed by atoms with E-state index in [1.54, 1.807) is 6.07 Å². The molecule has 3 N–H and O–H groups in total. The molecule has 142 valence electrons. The summed E-state index contributed by atoms with van der Waals surface area (Å²) in [6.07, 6.45) is 1.75. The number of para-hydroxylation sites is 2. The fourth-order valence-corrected chi connectivity index (χ4v) is 3.41. The molecule has 0 bridgehead atoms. The van der Waals surface area contributed by atoms with Crippen molar-refractivity contribution in [1.82, 2.24) is 4.90 Å². The van der Waals surface area contributed by atoms with Crippen LogP contribution < -0.4 is 15.8 Å². The molecule has 0 aliphatic carbocycles. The minimum atomic E-state index is -0.419. The Morgan fingerprint density at radius 3 is 2.81 bits per heavy atom. The lowest BCUT2D eigenvalue weighted by molar-refractivity contribution is 0.1000. The van der Waals surface area contributed by atoms with Gasteiger partial charge in [0.15, 0.2) is 0 Å². The van der Waals surface area contributed by atoms with E-state index in [4.69, 9.17) is 10.5 Å². The normalized spacial score (nSPS) is 16.2. The number of benzene rings is 2. The fourth-order valence-electron chi connectivity index (χ4n) is 3.41. The van der Waals surface area contributed by atoms with Crippen molar-refractivity contribution >= 4 is 17.6 Å². The molecule has 1 aliphatic rings. The van der Waals surface area contributed by atoms with Gasteiger partial charge < -0.3 is 20.7 Å². The zero-order valence-corrected chi connectivity index (χ0v) is 15.5. The quantitative estimate of drug-likeness (QED) is 0.822. The predicted octanol–water partition coefficient (Wildman–Crippen LogP) is 3.28. The molecule has 27 heavy (non-hydrogen) atoms. The van der Waals surface area contributed by atoms with Crippen molar-refractivity contribution in [3.8, 4) is 5.75 Å². The summed E-state index contributed by atoms with van der Waals surface area (Å²) >= 11 is 0. The third-order valence-electron chi connectivity index (χ3n) is 4.74. The first-order valence-electron chi connectivity index (χ1n) is 9.23. The Labute approximate surface area is 159 Å². The smallest absolute Gasteiger partial charge is 0.321 e. The maximum Gasteiger partial charge on any atom is 0.321 e. The van der Waals surface area contributed by atoms with Crippen molar-refractivity contribution in [1.29, 1.82) is 0 Å². The van der Waals surface area contributed by atoms with Crippen molar-refractivity contribution in [2.75, 3.05) is 25.0 Å². The van der Waals surface area contributed by atoms with Gasteiger partial charge in [-0.3, -0.25) is 4.79 Å². The van der Waals surface area contributed by atoms with Crippen molar-refractivity contribution < 1.29 is 14.3 Å². The summed E-state index contributed by atoms with van der Waals surface area (Å²) in [4.78, 5) is 25.8. The van der Waals surface area contributed by atoms with Crippen LogP contribution in [0.25, 0.3) is 0 Å². The molecule has 0 spiro atoms. The van der Waals surface area contributed by atoms with Crippen LogP contribution in [0.4, 0.5) is 10.5 Å². The van der Waals surface area contributed by atoms with Gasteiger partial charge in [-0.1, -0.05) is 24.3 Å². The van der Waals surface area contributed by atoms with E-state index in [9.17, 15) is 9.59 Å². The lowest BCUT2D eigenvalue weighted by atomic mass is 9.97. The number of likely N-dealkylation sites (tertiary alicyclic amines) is 1. The summed E-state index contributed by atoms with van der Waals surface area (Å²) in [5.74, 6) is 0.616. The molecule has 6 nitrogen and oxygen atoms in total. The number of ether oxygens (including phenoxy) is 1. The lowest BCUT2D eigenvalue weighted by Gasteiger charge is -2.19. The summed E-state index contributed by atoms with van der Waals surface area (Å²) in [6.45, 7) is 3.85. The number of nitrogens with one attached hydrogen (secondary N) is 1. The molecule has 0 aromatic heterocycles. The van der Waals surface area contributed by atoms with Crippen LogP contribution in [0.2, 0.25) is 0 Å². The molecule has 0 radical (unpaired) electrons. The molecule has 3 rings (SSSR count). The van der Waals surface area contributed by atoms with Crippen LogP contribution in [-0.2, 0) is 6.42 Å². The molecular formula is C21H25N3O3. The number of rotatable bonds is 6. The van der Waals surface area contributed by atoms with Gasteiger partial charge in [0, 0.05) is 18.7 Å². The molecule has 1 saturated heterocycles. The second-order valence-electron chi connectivity index (χ2n) is 6.73. The molecule has 6 heteroatoms. The van der Waals surface area contributed by atoms with Crippen LogP contribution in [0.1, 0.15) is 29.3 Å². The van der Waals surface area contributed by atoms with Crippen LogP contribution in [-0.4, -0.2) is 36.5 Å². The van der Waals surface area contributed by atoms with E-state index in [1.165, 1.54) is 0 Å². The Kier molecular flexibility index (Phi) is 5.96. The van der Waals surface area contributed by atoms with E-state index in [1.807, 2.05) is 54.3 Å². The van der Waals surface area contributed by atoms with E-state index < -0.39 is 5.91 Å². The number of nitrogens with two attached hydrogens (primary N) is 1. The highest BCUT2D eigenvalue weighted by atomic mass is 16.5. The Hall–Kier alpha value is -3.02. The minimum absolute atomic E-state index is 0.115. The number of hydrogen-bond acceptors (Lipinski definition) is 3. The number of carbonyl (C=O) groups is 2. The molecule has 1 aliphatic heterocycles. The van der Waals surface area contributed by atoms with Crippen LogP contribution in [0.15, 0.2) is 48.5 Å². The molecule has 2 aromatic rings. The van der Waals surface area contributed by atoms with E-state index >= 15 is 0 Å². The van der Waals surface area contributed by atoms with E-state index in [2.05, 4.69) is 5.32 Å². The van der Waals surface area contributed by atoms with Gasteiger partial charge >= 0.3 is 6.03 Å². The Balaban J connectivity index is 1.58. The molecule has 0 unspecified atom stereocenters. The highest BCUT2D eigenvalue weighted by Gasteiger charge is 2.27. The molecular weight excluding hydrogens is 342 g/mol. The second kappa shape index (κ2) is 8.58. The Morgan fingerprint density at radius 2 is 2.04 bits per heavy atom. The van der Waals surface area contributed by atoms with Gasteiger partial charge in [0.25, 0.3) is 0 Å². The number of amides is 3. The van der Waals surface area contributed by atoms with Crippen molar-refractivity contribution in [3.63, 3.8) is 0 Å². The number of anilines is 1. The summed E-state index contributed by atoms with van der Waals surface area (Å²) in [5, 5.41) is 2.95. The van der Waals surface area contributed by atoms with Crippen molar-refractivity contribution in [2.24, 2.45) is 11.7 Å². The predicted molar refractivity (Wildman–Crippen MR) is 105 cm³/mol. The number of carbonyl (C=O) groups excluding carboxylic acids is 2. The van der Waals surface area contributed by atoms with Crippen LogP contribution >= 0.6 is 0 Å². The van der Waals surface area contributed by atoms with Gasteiger partial charge in [-0.05, 0) is 55.5 Å². The van der Waals surface area contributed by atoms with E-state index in [0.29, 0.717) is 42.6 Å².